The zero-order chi connectivity index (χ0) is 15.3. The average molecular weight is 342 g/mol. The van der Waals surface area contributed by atoms with E-state index in [1.54, 1.807) is 18.2 Å². The Morgan fingerprint density at radius 1 is 1.35 bits per heavy atom. The Bertz CT molecular complexity index is 440. The van der Waals surface area contributed by atoms with Crippen LogP contribution in [0.3, 0.4) is 0 Å². The number of nitrogens with two attached hydrogens (primary N) is 1. The second kappa shape index (κ2) is 7.64. The molecule has 5 heteroatoms. The van der Waals surface area contributed by atoms with Crippen LogP contribution in [0.5, 0.6) is 0 Å². The third-order valence-corrected chi connectivity index (χ3v) is 3.61. The van der Waals surface area contributed by atoms with E-state index in [9.17, 15) is 4.79 Å². The number of hydrogen-bond donors (Lipinski definition) is 2. The third-order valence-electron chi connectivity index (χ3n) is 3.15. The molecule has 1 amide bonds. The fraction of sp³-hybridized carbons (Fsp3) is 0.533. The van der Waals surface area contributed by atoms with Crippen LogP contribution in [0, 0.1) is 5.92 Å². The van der Waals surface area contributed by atoms with Gasteiger partial charge in [-0.05, 0) is 44.6 Å². The molecule has 4 nitrogen and oxygen atoms in total. The molecule has 3 N–H and O–H groups in total. The molecule has 0 aliphatic rings. The number of nitrogen functional groups attached to an aromatic ring is 1. The standard InChI is InChI=1S/C15H24BrN3O/c1-10(2)5-14(19(3)4)9-18-15(20)11-6-12(16)8-13(17)7-11/h6-8,10,14H,5,9,17H2,1-4H3,(H,18,20). The van der Waals surface area contributed by atoms with E-state index < -0.39 is 0 Å². The maximum absolute atomic E-state index is 12.2. The van der Waals surface area contributed by atoms with Crippen LogP contribution < -0.4 is 11.1 Å². The maximum Gasteiger partial charge on any atom is 0.251 e. The first-order valence-electron chi connectivity index (χ1n) is 6.80. The fourth-order valence-electron chi connectivity index (χ4n) is 2.08. The van der Waals surface area contributed by atoms with Crippen molar-refractivity contribution in [3.63, 3.8) is 0 Å². The van der Waals surface area contributed by atoms with Gasteiger partial charge in [0.15, 0.2) is 0 Å². The molecule has 0 bridgehead atoms. The number of nitrogens with one attached hydrogen (secondary N) is 1. The van der Waals surface area contributed by atoms with Crippen LogP contribution in [0.4, 0.5) is 5.69 Å². The van der Waals surface area contributed by atoms with Crippen LogP contribution in [-0.4, -0.2) is 37.5 Å². The van der Waals surface area contributed by atoms with Crippen molar-refractivity contribution in [3.05, 3.63) is 28.2 Å². The lowest BCUT2D eigenvalue weighted by atomic mass is 10.0. The number of hydrogen-bond acceptors (Lipinski definition) is 3. The summed E-state index contributed by atoms with van der Waals surface area (Å²) in [4.78, 5) is 14.3. The second-order valence-electron chi connectivity index (χ2n) is 5.73. The lowest BCUT2D eigenvalue weighted by Crippen LogP contribution is -2.41. The smallest absolute Gasteiger partial charge is 0.251 e. The van der Waals surface area contributed by atoms with Gasteiger partial charge in [-0.15, -0.1) is 0 Å². The van der Waals surface area contributed by atoms with Crippen molar-refractivity contribution >= 4 is 27.5 Å². The van der Waals surface area contributed by atoms with E-state index in [0.29, 0.717) is 29.8 Å². The molecular formula is C15H24BrN3O. The molecule has 0 aromatic heterocycles. The molecule has 0 aliphatic carbocycles. The quantitative estimate of drug-likeness (QED) is 0.782. The second-order valence-corrected chi connectivity index (χ2v) is 6.65. The van der Waals surface area contributed by atoms with Crippen LogP contribution in [0.2, 0.25) is 0 Å². The summed E-state index contributed by atoms with van der Waals surface area (Å²) in [5.41, 5.74) is 6.91. The maximum atomic E-state index is 12.2. The molecule has 0 saturated carbocycles. The highest BCUT2D eigenvalue weighted by atomic mass is 79.9. The number of amides is 1. The predicted molar refractivity (Wildman–Crippen MR) is 87.8 cm³/mol. The molecule has 0 aliphatic heterocycles. The normalized spacial score (nSPS) is 12.8. The van der Waals surface area contributed by atoms with Gasteiger partial charge < -0.3 is 16.0 Å². The number of halogens is 1. The molecular weight excluding hydrogens is 318 g/mol. The van der Waals surface area contributed by atoms with Crippen LogP contribution >= 0.6 is 15.9 Å². The monoisotopic (exact) mass is 341 g/mol. The largest absolute Gasteiger partial charge is 0.399 e. The van der Waals surface area contributed by atoms with Crippen molar-refractivity contribution in [1.29, 1.82) is 0 Å². The molecule has 1 aromatic rings. The van der Waals surface area contributed by atoms with E-state index in [1.807, 2.05) is 14.1 Å². The Hall–Kier alpha value is -1.07. The minimum Gasteiger partial charge on any atom is -0.399 e. The van der Waals surface area contributed by atoms with Crippen molar-refractivity contribution in [1.82, 2.24) is 10.2 Å². The van der Waals surface area contributed by atoms with E-state index in [4.69, 9.17) is 5.73 Å². The topological polar surface area (TPSA) is 58.4 Å². The lowest BCUT2D eigenvalue weighted by molar-refractivity contribution is 0.0938. The molecule has 0 radical (unpaired) electrons. The van der Waals surface area contributed by atoms with Crippen molar-refractivity contribution < 1.29 is 4.79 Å². The molecule has 1 atom stereocenters. The lowest BCUT2D eigenvalue weighted by Gasteiger charge is -2.26. The molecule has 112 valence electrons. The van der Waals surface area contributed by atoms with E-state index in [0.717, 1.165) is 10.9 Å². The van der Waals surface area contributed by atoms with Crippen molar-refractivity contribution in [3.8, 4) is 0 Å². The molecule has 0 saturated heterocycles. The molecule has 20 heavy (non-hydrogen) atoms. The van der Waals surface area contributed by atoms with E-state index in [-0.39, 0.29) is 5.91 Å². The third kappa shape index (κ3) is 5.51. The molecule has 0 heterocycles. The minimum absolute atomic E-state index is 0.0893. The first-order valence-corrected chi connectivity index (χ1v) is 7.59. The van der Waals surface area contributed by atoms with Gasteiger partial charge in [0.05, 0.1) is 0 Å². The summed E-state index contributed by atoms with van der Waals surface area (Å²) in [5.74, 6) is 0.509. The first-order chi connectivity index (χ1) is 9.29. The van der Waals surface area contributed by atoms with Crippen LogP contribution in [0.15, 0.2) is 22.7 Å². The number of carbonyl (C=O) groups is 1. The Morgan fingerprint density at radius 2 is 2.00 bits per heavy atom. The summed E-state index contributed by atoms with van der Waals surface area (Å²) >= 11 is 3.35. The van der Waals surface area contributed by atoms with Gasteiger partial charge >= 0.3 is 0 Å². The van der Waals surface area contributed by atoms with Gasteiger partial charge in [-0.2, -0.15) is 0 Å². The van der Waals surface area contributed by atoms with E-state index in [1.165, 1.54) is 0 Å². The van der Waals surface area contributed by atoms with Gasteiger partial charge in [0.2, 0.25) is 0 Å². The number of anilines is 1. The average Bonchev–Trinajstić information content (AvgIpc) is 2.32. The van der Waals surface area contributed by atoms with Crippen molar-refractivity contribution in [2.24, 2.45) is 5.92 Å². The van der Waals surface area contributed by atoms with Crippen LogP contribution in [-0.2, 0) is 0 Å². The molecule has 1 aromatic carbocycles. The number of rotatable bonds is 6. The number of likely N-dealkylation sites (N-methyl/N-ethyl adjacent to an activating group) is 1. The highest BCUT2D eigenvalue weighted by Crippen LogP contribution is 2.17. The van der Waals surface area contributed by atoms with E-state index in [2.05, 4.69) is 40.0 Å². The van der Waals surface area contributed by atoms with Gasteiger partial charge in [0.25, 0.3) is 5.91 Å². The summed E-state index contributed by atoms with van der Waals surface area (Å²) in [6.07, 6.45) is 1.05. The molecule has 1 unspecified atom stereocenters. The summed E-state index contributed by atoms with van der Waals surface area (Å²) in [5, 5.41) is 2.98. The first kappa shape index (κ1) is 17.0. The van der Waals surface area contributed by atoms with E-state index >= 15 is 0 Å². The Morgan fingerprint density at radius 3 is 2.50 bits per heavy atom. The van der Waals surface area contributed by atoms with Crippen molar-refractivity contribution in [2.75, 3.05) is 26.4 Å². The zero-order valence-corrected chi connectivity index (χ0v) is 14.2. The zero-order valence-electron chi connectivity index (χ0n) is 12.6. The number of nitrogens with zero attached hydrogens (tertiary/aromatic N) is 1. The van der Waals surface area contributed by atoms with Gasteiger partial charge in [-0.3, -0.25) is 4.79 Å². The SMILES string of the molecule is CC(C)CC(CNC(=O)c1cc(N)cc(Br)c1)N(C)C. The van der Waals surface area contributed by atoms with Gasteiger partial charge in [0, 0.05) is 28.3 Å². The van der Waals surface area contributed by atoms with Crippen LogP contribution in [0.25, 0.3) is 0 Å². The van der Waals surface area contributed by atoms with Crippen LogP contribution in [0.1, 0.15) is 30.6 Å². The van der Waals surface area contributed by atoms with Gasteiger partial charge in [-0.25, -0.2) is 0 Å². The summed E-state index contributed by atoms with van der Waals surface area (Å²) in [6, 6.07) is 5.58. The predicted octanol–water partition coefficient (Wildman–Crippen LogP) is 2.74. The summed E-state index contributed by atoms with van der Waals surface area (Å²) < 4.78 is 0.814. The Kier molecular flexibility index (Phi) is 6.49. The Labute approximate surface area is 129 Å². The molecule has 0 spiro atoms. The minimum atomic E-state index is -0.0893. The number of carbonyl (C=O) groups excluding carboxylic acids is 1. The Balaban J connectivity index is 2.65. The highest BCUT2D eigenvalue weighted by Gasteiger charge is 2.15. The summed E-state index contributed by atoms with van der Waals surface area (Å²) in [6.45, 7) is 5.01. The molecule has 1 rings (SSSR count). The van der Waals surface area contributed by atoms with Crippen molar-refractivity contribution in [2.45, 2.75) is 26.3 Å². The fourth-order valence-corrected chi connectivity index (χ4v) is 2.59. The van der Waals surface area contributed by atoms with Gasteiger partial charge in [-0.1, -0.05) is 29.8 Å². The highest BCUT2D eigenvalue weighted by molar-refractivity contribution is 9.10. The number of benzene rings is 1. The molecule has 0 fully saturated rings. The van der Waals surface area contributed by atoms with Gasteiger partial charge in [0.1, 0.15) is 0 Å². The summed E-state index contributed by atoms with van der Waals surface area (Å²) in [7, 11) is 4.08.